The second-order valence-electron chi connectivity index (χ2n) is 28.2. The average molecular weight is 1650 g/mol. The quantitative estimate of drug-likeness (QED) is 0.0499. The van der Waals surface area contributed by atoms with Crippen LogP contribution in [0.1, 0.15) is 103 Å². The van der Waals surface area contributed by atoms with Gasteiger partial charge >= 0.3 is 12.2 Å². The molecule has 0 spiro atoms. The lowest BCUT2D eigenvalue weighted by atomic mass is 9.80. The maximum absolute atomic E-state index is 12.8. The number of aromatic amines is 2. The van der Waals surface area contributed by atoms with Gasteiger partial charge in [-0.25, -0.2) is 49.5 Å². The molecule has 0 bridgehead atoms. The number of ketones is 2. The number of nitrogens with one attached hydrogen (secondary N) is 4. The Morgan fingerprint density at radius 2 is 0.777 bits per heavy atom. The number of benzene rings is 6. The van der Waals surface area contributed by atoms with Gasteiger partial charge in [0.05, 0.1) is 56.3 Å². The number of amides is 2. The lowest BCUT2D eigenvalue weighted by molar-refractivity contribution is 0.102. The van der Waals surface area contributed by atoms with Crippen LogP contribution in [0.3, 0.4) is 0 Å². The summed E-state index contributed by atoms with van der Waals surface area (Å²) in [6.45, 7) is 13.9. The number of anilines is 3. The highest BCUT2D eigenvalue weighted by molar-refractivity contribution is 6.39. The number of rotatable bonds is 18. The Kier molecular flexibility index (Phi) is 27.2. The minimum Gasteiger partial charge on any atom is -0.445 e. The predicted octanol–water partition coefficient (Wildman–Crippen LogP) is 17.7. The van der Waals surface area contributed by atoms with Crippen LogP contribution < -0.4 is 31.1 Å². The number of H-pyrrole nitrogens is 2. The van der Waals surface area contributed by atoms with E-state index in [9.17, 15) is 19.2 Å². The van der Waals surface area contributed by atoms with E-state index in [1.807, 2.05) is 115 Å². The van der Waals surface area contributed by atoms with E-state index in [2.05, 4.69) is 96.4 Å². The van der Waals surface area contributed by atoms with Gasteiger partial charge in [0.2, 0.25) is 22.9 Å². The zero-order chi connectivity index (χ0) is 78.9. The van der Waals surface area contributed by atoms with Gasteiger partial charge in [-0.15, -0.1) is 0 Å². The molecule has 0 atom stereocenters. The first kappa shape index (κ1) is 81.3. The Balaban J connectivity index is 0.000000143. The smallest absolute Gasteiger partial charge is 0.407 e. The van der Waals surface area contributed by atoms with Crippen LogP contribution in [0.5, 0.6) is 0 Å². The van der Waals surface area contributed by atoms with E-state index in [1.54, 1.807) is 60.9 Å². The van der Waals surface area contributed by atoms with Crippen LogP contribution in [-0.2, 0) is 22.7 Å². The molecule has 6 aromatic heterocycles. The average Bonchev–Trinajstić information content (AvgIpc) is 1.58. The summed E-state index contributed by atoms with van der Waals surface area (Å²) in [5.74, 6) is 1.53. The minimum absolute atomic E-state index is 0.0106. The summed E-state index contributed by atoms with van der Waals surface area (Å²) in [6, 6.07) is 47.9. The number of hydrogen-bond donors (Lipinski definition) is 5. The number of carbonyl (C=O) groups excluding carboxylic acids is 4. The highest BCUT2D eigenvalue weighted by Gasteiger charge is 2.35. The molecule has 12 aromatic rings. The molecule has 578 valence electrons. The summed E-state index contributed by atoms with van der Waals surface area (Å²) in [6.07, 6.45) is 11.3. The van der Waals surface area contributed by atoms with Crippen molar-refractivity contribution in [2.45, 2.75) is 72.5 Å². The number of ether oxygens (including phenoxy) is 2. The number of nitrogens with two attached hydrogens (primary N) is 1. The normalized spacial score (nSPS) is 14.8. The maximum Gasteiger partial charge on any atom is 0.407 e. The number of halogens is 7. The van der Waals surface area contributed by atoms with Gasteiger partial charge < -0.3 is 40.5 Å². The van der Waals surface area contributed by atoms with Gasteiger partial charge in [-0.2, -0.15) is 10.2 Å². The molecule has 3 fully saturated rings. The molecule has 112 heavy (non-hydrogen) atoms. The zero-order valence-corrected chi connectivity index (χ0v) is 66.6. The van der Waals surface area contributed by atoms with Crippen LogP contribution >= 0.6 is 81.2 Å². The third-order valence-electron chi connectivity index (χ3n) is 20.0. The molecule has 0 saturated carbocycles. The van der Waals surface area contributed by atoms with Gasteiger partial charge in [0.15, 0.2) is 10.3 Å². The molecular formula is C81H79Cl7N18O6. The molecule has 31 heteroatoms. The zero-order valence-electron chi connectivity index (χ0n) is 61.3. The van der Waals surface area contributed by atoms with Crippen molar-refractivity contribution in [1.29, 1.82) is 0 Å². The molecule has 3 aliphatic heterocycles. The number of piperidine rings is 3. The SMILES string of the molecule is CC1(CN)CCN(c2cnc3c(-c4ccccc4Cl)[nH]nc3n2)CC1.CC1(CNC(=O)OCc2ccccc2)CCN(c2cnc(C(=O)c3ccccc3Cl)c(Cl)n2)CC1.CC1(CNC(=O)OCc2ccccc2)CCN(c2cnc3c(-c4ccccc4Cl)[nH]nc3n2)CC1.O=C(c1ccccc1Cl)c1ncc(Cl)nc1Cl. The highest BCUT2D eigenvalue weighted by Crippen LogP contribution is 2.38. The third-order valence-corrected chi connectivity index (χ3v) is 22.0. The lowest BCUT2D eigenvalue weighted by Crippen LogP contribution is -2.45. The molecule has 3 aliphatic rings. The Labute approximate surface area is 681 Å². The maximum atomic E-state index is 12.8. The molecule has 0 radical (unpaired) electrons. The topological polar surface area (TPSA) is 307 Å². The van der Waals surface area contributed by atoms with E-state index in [-0.39, 0.29) is 74.0 Å². The summed E-state index contributed by atoms with van der Waals surface area (Å²) in [4.78, 5) is 90.7. The largest absolute Gasteiger partial charge is 0.445 e. The summed E-state index contributed by atoms with van der Waals surface area (Å²) in [7, 11) is 0. The van der Waals surface area contributed by atoms with Crippen LogP contribution in [0, 0.1) is 16.2 Å². The predicted molar refractivity (Wildman–Crippen MR) is 440 cm³/mol. The van der Waals surface area contributed by atoms with Crippen LogP contribution in [0.2, 0.25) is 35.5 Å². The number of fused-ring (bicyclic) bond motifs is 2. The van der Waals surface area contributed by atoms with Gasteiger partial charge in [-0.1, -0.05) is 223 Å². The highest BCUT2D eigenvalue weighted by atomic mass is 35.5. The van der Waals surface area contributed by atoms with Gasteiger partial charge in [0.25, 0.3) is 0 Å². The molecule has 6 aromatic carbocycles. The van der Waals surface area contributed by atoms with Crippen LogP contribution in [0.4, 0.5) is 27.0 Å². The summed E-state index contributed by atoms with van der Waals surface area (Å²) in [5.41, 5.74) is 14.6. The number of aromatic nitrogens is 12. The van der Waals surface area contributed by atoms with E-state index < -0.39 is 6.09 Å². The third kappa shape index (κ3) is 20.7. The first-order valence-corrected chi connectivity index (χ1v) is 38.7. The monoisotopic (exact) mass is 1640 g/mol. The summed E-state index contributed by atoms with van der Waals surface area (Å²) < 4.78 is 10.6. The van der Waals surface area contributed by atoms with E-state index in [1.165, 1.54) is 6.20 Å². The number of nitrogens with zero attached hydrogens (tertiary/aromatic N) is 13. The van der Waals surface area contributed by atoms with Gasteiger partial charge in [-0.05, 0) is 109 Å². The number of hydrogen-bond acceptors (Lipinski definition) is 20. The second-order valence-corrected chi connectivity index (χ2v) is 30.9. The fourth-order valence-electron chi connectivity index (χ4n) is 12.8. The van der Waals surface area contributed by atoms with Crippen molar-refractivity contribution in [2.24, 2.45) is 22.0 Å². The van der Waals surface area contributed by atoms with Gasteiger partial charge in [0, 0.05) is 74.6 Å². The summed E-state index contributed by atoms with van der Waals surface area (Å²) in [5, 5.41) is 22.7. The molecule has 9 heterocycles. The number of carbonyl (C=O) groups is 4. The Morgan fingerprint density at radius 1 is 0.429 bits per heavy atom. The molecular weight excluding hydrogens is 1570 g/mol. The second kappa shape index (κ2) is 37.5. The first-order valence-electron chi connectivity index (χ1n) is 36.1. The van der Waals surface area contributed by atoms with Gasteiger partial charge in [0.1, 0.15) is 58.2 Å². The lowest BCUT2D eigenvalue weighted by Gasteiger charge is -2.39. The molecule has 0 unspecified atom stereocenters. The first-order chi connectivity index (χ1) is 54.0. The Hall–Kier alpha value is -10.2. The van der Waals surface area contributed by atoms with E-state index in [0.29, 0.717) is 66.9 Å². The van der Waals surface area contributed by atoms with Crippen LogP contribution in [0.15, 0.2) is 183 Å². The Bertz CT molecular complexity index is 5270. The standard InChI is InChI=1S/C26H26Cl2N4O3.C26H27ClN6O2.C18H21ClN6.C11H5Cl3N2O/c1-26(17-30-25(34)35-16-18-7-3-2-4-8-18)11-13-32(14-12-26)21-15-29-22(24(28)31-21)23(33)19-9-5-6-10-20(19)27;1-26(17-29-25(34)35-16-18-7-3-2-4-8-18)11-13-33(14-12-26)21-15-28-23-22(31-32-24(23)30-21)19-9-5-6-10-20(19)27;1-18(11-20)6-8-25(9-7-18)14-10-21-16-15(23-24-17(16)22-14)12-4-2-3-5-13(12)19;12-7-4-2-1-3-6(7)10(17)9-11(14)16-8(13)5-15-9/h2-10,15H,11-14,16-17H2,1H3,(H,30,34);2-10,15H,11-14,16-17H2,1H3,(H,29,34)(H,30,31,32);2-5,10H,6-9,11,20H2,1H3,(H,22,23,24);1-5H. The van der Waals surface area contributed by atoms with E-state index in [4.69, 9.17) is 106 Å². The van der Waals surface area contributed by atoms with Gasteiger partial charge in [-0.3, -0.25) is 19.8 Å². The van der Waals surface area contributed by atoms with Crippen molar-refractivity contribution in [3.63, 3.8) is 0 Å². The summed E-state index contributed by atoms with van der Waals surface area (Å²) >= 11 is 42.4. The molecule has 3 saturated heterocycles. The van der Waals surface area contributed by atoms with E-state index >= 15 is 0 Å². The molecule has 6 N–H and O–H groups in total. The molecule has 24 nitrogen and oxygen atoms in total. The van der Waals surface area contributed by atoms with Crippen molar-refractivity contribution in [3.05, 3.63) is 252 Å². The van der Waals surface area contributed by atoms with Crippen molar-refractivity contribution < 1.29 is 28.7 Å². The molecule has 0 aliphatic carbocycles. The van der Waals surface area contributed by atoms with Crippen molar-refractivity contribution in [1.82, 2.24) is 70.9 Å². The molecule has 2 amide bonds. The van der Waals surface area contributed by atoms with Crippen molar-refractivity contribution in [3.8, 4) is 22.5 Å². The van der Waals surface area contributed by atoms with Crippen LogP contribution in [0.25, 0.3) is 44.8 Å². The van der Waals surface area contributed by atoms with E-state index in [0.717, 1.165) is 135 Å². The fraction of sp³-hybridized carbons (Fsp3) is 0.284. The Morgan fingerprint density at radius 3 is 1.16 bits per heavy atom. The fourth-order valence-corrected chi connectivity index (χ4v) is 14.3. The van der Waals surface area contributed by atoms with Crippen molar-refractivity contribution >= 4 is 145 Å². The van der Waals surface area contributed by atoms with Crippen LogP contribution in [-0.4, -0.2) is 143 Å². The number of alkyl carbamates (subject to hydrolysis) is 2. The minimum atomic E-state index is -0.422. The molecule has 15 rings (SSSR count). The van der Waals surface area contributed by atoms with Crippen molar-refractivity contribution in [2.75, 3.05) is 73.6 Å².